The SMILES string of the molecule is BCCOc1cc(C(C(=O)OCC)C(C)C)on1. The van der Waals surface area contributed by atoms with Gasteiger partial charge in [0, 0.05) is 6.07 Å². The lowest BCUT2D eigenvalue weighted by Crippen LogP contribution is -2.20. The fourth-order valence-corrected chi connectivity index (χ4v) is 1.64. The monoisotopic (exact) mass is 253 g/mol. The summed E-state index contributed by atoms with van der Waals surface area (Å²) in [6.07, 6.45) is 0.897. The van der Waals surface area contributed by atoms with Crippen LogP contribution in [-0.4, -0.2) is 32.2 Å². The van der Waals surface area contributed by atoms with Gasteiger partial charge in [-0.05, 0) is 24.3 Å². The van der Waals surface area contributed by atoms with Crippen LogP contribution in [0.25, 0.3) is 0 Å². The number of hydrogen-bond donors (Lipinski definition) is 0. The summed E-state index contributed by atoms with van der Waals surface area (Å²) in [5, 5.41) is 3.79. The van der Waals surface area contributed by atoms with Gasteiger partial charge in [0.2, 0.25) is 0 Å². The van der Waals surface area contributed by atoms with Crippen molar-refractivity contribution in [3.8, 4) is 5.88 Å². The van der Waals surface area contributed by atoms with Crippen LogP contribution in [-0.2, 0) is 9.53 Å². The largest absolute Gasteiger partial charge is 0.476 e. The molecule has 18 heavy (non-hydrogen) atoms. The van der Waals surface area contributed by atoms with Gasteiger partial charge in [-0.15, -0.1) is 0 Å². The highest BCUT2D eigenvalue weighted by molar-refractivity contribution is 6.08. The normalized spacial score (nSPS) is 12.4. The number of carbonyl (C=O) groups is 1. The van der Waals surface area contributed by atoms with Crippen LogP contribution < -0.4 is 4.74 Å². The summed E-state index contributed by atoms with van der Waals surface area (Å²) in [4.78, 5) is 11.9. The summed E-state index contributed by atoms with van der Waals surface area (Å²) >= 11 is 0. The molecule has 1 aromatic rings. The van der Waals surface area contributed by atoms with Crippen molar-refractivity contribution in [1.82, 2.24) is 5.16 Å². The Morgan fingerprint density at radius 1 is 1.56 bits per heavy atom. The van der Waals surface area contributed by atoms with Crippen LogP contribution in [0, 0.1) is 5.92 Å². The smallest absolute Gasteiger partial charge is 0.317 e. The number of esters is 1. The van der Waals surface area contributed by atoms with E-state index >= 15 is 0 Å². The van der Waals surface area contributed by atoms with E-state index in [4.69, 9.17) is 14.0 Å². The molecule has 1 heterocycles. The highest BCUT2D eigenvalue weighted by atomic mass is 16.5. The van der Waals surface area contributed by atoms with E-state index in [0.717, 1.165) is 6.32 Å². The molecule has 0 spiro atoms. The Morgan fingerprint density at radius 3 is 2.83 bits per heavy atom. The molecular formula is C12H20BNO4. The van der Waals surface area contributed by atoms with Crippen molar-refractivity contribution in [1.29, 1.82) is 0 Å². The Kier molecular flexibility index (Phi) is 5.75. The summed E-state index contributed by atoms with van der Waals surface area (Å²) in [6, 6.07) is 1.66. The molecule has 0 aliphatic carbocycles. The van der Waals surface area contributed by atoms with E-state index in [1.807, 2.05) is 21.7 Å². The minimum Gasteiger partial charge on any atom is -0.476 e. The Labute approximate surface area is 108 Å². The van der Waals surface area contributed by atoms with Crippen molar-refractivity contribution >= 4 is 13.8 Å². The molecule has 0 bridgehead atoms. The first kappa shape index (κ1) is 14.6. The lowest BCUT2D eigenvalue weighted by molar-refractivity contribution is -0.146. The van der Waals surface area contributed by atoms with Gasteiger partial charge in [-0.25, -0.2) is 0 Å². The first-order valence-electron chi connectivity index (χ1n) is 6.36. The minimum atomic E-state index is -0.434. The van der Waals surface area contributed by atoms with Gasteiger partial charge in [0.1, 0.15) is 13.8 Å². The van der Waals surface area contributed by atoms with Crippen LogP contribution in [0.4, 0.5) is 0 Å². The number of rotatable bonds is 7. The third kappa shape index (κ3) is 3.79. The van der Waals surface area contributed by atoms with Gasteiger partial charge >= 0.3 is 5.97 Å². The molecule has 1 unspecified atom stereocenters. The van der Waals surface area contributed by atoms with Gasteiger partial charge in [-0.2, -0.15) is 0 Å². The van der Waals surface area contributed by atoms with Crippen LogP contribution in [0.2, 0.25) is 6.32 Å². The summed E-state index contributed by atoms with van der Waals surface area (Å²) in [6.45, 7) is 6.60. The molecule has 0 aliphatic heterocycles. The van der Waals surface area contributed by atoms with Gasteiger partial charge in [0.25, 0.3) is 5.88 Å². The summed E-state index contributed by atoms with van der Waals surface area (Å²) in [5.74, 6) is 0.273. The first-order chi connectivity index (χ1) is 8.60. The molecule has 100 valence electrons. The predicted molar refractivity (Wildman–Crippen MR) is 69.6 cm³/mol. The zero-order valence-electron chi connectivity index (χ0n) is 11.4. The predicted octanol–water partition coefficient (Wildman–Crippen LogP) is 1.41. The second-order valence-corrected chi connectivity index (χ2v) is 4.39. The molecule has 0 saturated carbocycles. The average molecular weight is 253 g/mol. The second kappa shape index (κ2) is 7.08. The van der Waals surface area contributed by atoms with Crippen LogP contribution in [0.3, 0.4) is 0 Å². The Balaban J connectivity index is 2.79. The van der Waals surface area contributed by atoms with Crippen LogP contribution in [0.1, 0.15) is 32.4 Å². The summed E-state index contributed by atoms with van der Waals surface area (Å²) < 4.78 is 15.6. The summed E-state index contributed by atoms with van der Waals surface area (Å²) in [7, 11) is 2.01. The molecule has 0 aromatic carbocycles. The molecule has 0 fully saturated rings. The van der Waals surface area contributed by atoms with Crippen molar-refractivity contribution in [3.63, 3.8) is 0 Å². The van der Waals surface area contributed by atoms with Gasteiger partial charge in [0.15, 0.2) is 5.76 Å². The van der Waals surface area contributed by atoms with E-state index in [-0.39, 0.29) is 11.9 Å². The molecule has 0 radical (unpaired) electrons. The van der Waals surface area contributed by atoms with E-state index < -0.39 is 5.92 Å². The molecule has 1 atom stereocenters. The zero-order valence-corrected chi connectivity index (χ0v) is 11.4. The molecule has 0 N–H and O–H groups in total. The standard InChI is InChI=1S/C12H20BNO4/c1-4-16-12(15)11(8(2)3)9-7-10(14-18-9)17-6-5-13/h7-8,11H,4-6,13H2,1-3H3. The quantitative estimate of drug-likeness (QED) is 0.543. The van der Waals surface area contributed by atoms with E-state index in [2.05, 4.69) is 5.16 Å². The lowest BCUT2D eigenvalue weighted by atomic mass is 9.93. The number of aromatic nitrogens is 1. The number of nitrogens with zero attached hydrogens (tertiary/aromatic N) is 1. The first-order valence-corrected chi connectivity index (χ1v) is 6.36. The molecule has 6 heteroatoms. The summed E-state index contributed by atoms with van der Waals surface area (Å²) in [5.41, 5.74) is 0. The average Bonchev–Trinajstić information content (AvgIpc) is 2.75. The van der Waals surface area contributed by atoms with Crippen molar-refractivity contribution in [2.45, 2.75) is 33.0 Å². The van der Waals surface area contributed by atoms with Crippen molar-refractivity contribution in [2.24, 2.45) is 5.92 Å². The molecule has 1 aromatic heterocycles. The Bertz CT molecular complexity index is 378. The van der Waals surface area contributed by atoms with Crippen molar-refractivity contribution < 1.29 is 18.8 Å². The van der Waals surface area contributed by atoms with Crippen molar-refractivity contribution in [2.75, 3.05) is 13.2 Å². The van der Waals surface area contributed by atoms with Gasteiger partial charge in [0.05, 0.1) is 13.2 Å². The third-order valence-electron chi connectivity index (χ3n) is 2.47. The Hall–Kier alpha value is -1.46. The lowest BCUT2D eigenvalue weighted by Gasteiger charge is -2.15. The fraction of sp³-hybridized carbons (Fsp3) is 0.667. The van der Waals surface area contributed by atoms with E-state index in [1.165, 1.54) is 0 Å². The van der Waals surface area contributed by atoms with Gasteiger partial charge in [-0.3, -0.25) is 4.79 Å². The fourth-order valence-electron chi connectivity index (χ4n) is 1.64. The molecule has 0 saturated heterocycles. The van der Waals surface area contributed by atoms with Crippen LogP contribution in [0.15, 0.2) is 10.6 Å². The topological polar surface area (TPSA) is 61.6 Å². The number of hydrogen-bond acceptors (Lipinski definition) is 5. The Morgan fingerprint density at radius 2 is 2.28 bits per heavy atom. The van der Waals surface area contributed by atoms with Crippen molar-refractivity contribution in [3.05, 3.63) is 11.8 Å². The zero-order chi connectivity index (χ0) is 13.5. The second-order valence-electron chi connectivity index (χ2n) is 4.39. The van der Waals surface area contributed by atoms with Gasteiger partial charge < -0.3 is 14.0 Å². The highest BCUT2D eigenvalue weighted by Crippen LogP contribution is 2.28. The maximum Gasteiger partial charge on any atom is 0.317 e. The highest BCUT2D eigenvalue weighted by Gasteiger charge is 2.29. The molecule has 0 amide bonds. The molecule has 1 rings (SSSR count). The van der Waals surface area contributed by atoms with Crippen LogP contribution in [0.5, 0.6) is 5.88 Å². The minimum absolute atomic E-state index is 0.0797. The number of ether oxygens (including phenoxy) is 2. The molecule has 5 nitrogen and oxygen atoms in total. The van der Waals surface area contributed by atoms with E-state index in [1.54, 1.807) is 13.0 Å². The molecule has 0 aliphatic rings. The maximum absolute atomic E-state index is 11.9. The molecular weight excluding hydrogens is 233 g/mol. The third-order valence-corrected chi connectivity index (χ3v) is 2.47. The van der Waals surface area contributed by atoms with E-state index in [0.29, 0.717) is 24.9 Å². The van der Waals surface area contributed by atoms with Gasteiger partial charge in [-0.1, -0.05) is 13.8 Å². The van der Waals surface area contributed by atoms with Crippen LogP contribution >= 0.6 is 0 Å². The number of carbonyl (C=O) groups excluding carboxylic acids is 1. The maximum atomic E-state index is 11.9. The van der Waals surface area contributed by atoms with E-state index in [9.17, 15) is 4.79 Å².